The summed E-state index contributed by atoms with van der Waals surface area (Å²) in [5.41, 5.74) is 2.49. The van der Waals surface area contributed by atoms with Crippen molar-refractivity contribution in [1.82, 2.24) is 9.88 Å². The van der Waals surface area contributed by atoms with Crippen LogP contribution in [0.25, 0.3) is 0 Å². The van der Waals surface area contributed by atoms with Crippen LogP contribution in [0.1, 0.15) is 6.92 Å². The molecule has 2 rings (SSSR count). The van der Waals surface area contributed by atoms with Gasteiger partial charge in [0.05, 0.1) is 10.0 Å². The third-order valence-electron chi connectivity index (χ3n) is 3.15. The Bertz CT molecular complexity index is 440. The molecule has 0 saturated carbocycles. The Morgan fingerprint density at radius 3 is 2.72 bits per heavy atom. The number of piperazine rings is 1. The van der Waals surface area contributed by atoms with Gasteiger partial charge < -0.3 is 15.2 Å². The third kappa shape index (κ3) is 2.64. The Labute approximate surface area is 117 Å². The van der Waals surface area contributed by atoms with Crippen molar-refractivity contribution in [2.45, 2.75) is 13.0 Å². The number of nitrogen functional groups attached to an aromatic ring is 1. The van der Waals surface area contributed by atoms with Crippen LogP contribution in [0.4, 0.5) is 11.6 Å². The zero-order valence-electron chi connectivity index (χ0n) is 10.5. The lowest BCUT2D eigenvalue weighted by Crippen LogP contribution is -2.51. The summed E-state index contributed by atoms with van der Waals surface area (Å²) in [5.74, 6) is 6.57. The van der Waals surface area contributed by atoms with Gasteiger partial charge in [-0.2, -0.15) is 0 Å². The van der Waals surface area contributed by atoms with Crippen LogP contribution in [0, 0.1) is 0 Å². The van der Waals surface area contributed by atoms with Gasteiger partial charge in [-0.05, 0) is 20.0 Å². The van der Waals surface area contributed by atoms with Crippen molar-refractivity contribution in [3.8, 4) is 0 Å². The van der Waals surface area contributed by atoms with Crippen molar-refractivity contribution in [3.05, 3.63) is 16.1 Å². The number of pyridine rings is 1. The van der Waals surface area contributed by atoms with Crippen molar-refractivity contribution < 1.29 is 0 Å². The predicted molar refractivity (Wildman–Crippen MR) is 76.4 cm³/mol. The summed E-state index contributed by atoms with van der Waals surface area (Å²) in [6.45, 7) is 5.00. The highest BCUT2D eigenvalue weighted by molar-refractivity contribution is 6.37. The SMILES string of the molecule is CC1CN(C)CCN1c1nc(NN)c(Cl)cc1Cl. The largest absolute Gasteiger partial charge is 0.350 e. The van der Waals surface area contributed by atoms with Crippen LogP contribution in [0.2, 0.25) is 10.0 Å². The van der Waals surface area contributed by atoms with E-state index in [0.29, 0.717) is 21.9 Å². The van der Waals surface area contributed by atoms with E-state index in [0.717, 1.165) is 25.5 Å². The van der Waals surface area contributed by atoms with Gasteiger partial charge in [0.15, 0.2) is 5.82 Å². The molecule has 100 valence electrons. The highest BCUT2D eigenvalue weighted by atomic mass is 35.5. The van der Waals surface area contributed by atoms with E-state index in [-0.39, 0.29) is 0 Å². The standard InChI is InChI=1S/C11H17Cl2N5/c1-7-6-17(2)3-4-18(7)11-9(13)5-8(12)10(15-11)16-14/h5,7H,3-4,6,14H2,1-2H3,(H,15,16). The number of hydrogen-bond acceptors (Lipinski definition) is 5. The summed E-state index contributed by atoms with van der Waals surface area (Å²) < 4.78 is 0. The lowest BCUT2D eigenvalue weighted by atomic mass is 10.2. The van der Waals surface area contributed by atoms with Gasteiger partial charge in [-0.25, -0.2) is 10.8 Å². The third-order valence-corrected chi connectivity index (χ3v) is 3.72. The number of aromatic nitrogens is 1. The molecule has 3 N–H and O–H groups in total. The number of likely N-dealkylation sites (N-methyl/N-ethyl adjacent to an activating group) is 1. The molecule has 7 heteroatoms. The number of nitrogens with one attached hydrogen (secondary N) is 1. The highest BCUT2D eigenvalue weighted by Gasteiger charge is 2.25. The molecule has 1 aliphatic rings. The molecule has 5 nitrogen and oxygen atoms in total. The smallest absolute Gasteiger partial charge is 0.161 e. The highest BCUT2D eigenvalue weighted by Crippen LogP contribution is 2.32. The van der Waals surface area contributed by atoms with Crippen molar-refractivity contribution in [3.63, 3.8) is 0 Å². The molecule has 0 aromatic carbocycles. The van der Waals surface area contributed by atoms with Crippen molar-refractivity contribution >= 4 is 34.8 Å². The van der Waals surface area contributed by atoms with E-state index < -0.39 is 0 Å². The summed E-state index contributed by atoms with van der Waals surface area (Å²) in [4.78, 5) is 8.86. The van der Waals surface area contributed by atoms with Gasteiger partial charge in [-0.1, -0.05) is 23.2 Å². The van der Waals surface area contributed by atoms with Crippen molar-refractivity contribution in [2.24, 2.45) is 5.84 Å². The second-order valence-electron chi connectivity index (χ2n) is 4.57. The summed E-state index contributed by atoms with van der Waals surface area (Å²) in [6, 6.07) is 2.02. The normalized spacial score (nSPS) is 21.2. The Hall–Kier alpha value is -0.750. The fourth-order valence-electron chi connectivity index (χ4n) is 2.21. The lowest BCUT2D eigenvalue weighted by molar-refractivity contribution is 0.274. The molecule has 1 unspecified atom stereocenters. The van der Waals surface area contributed by atoms with Crippen LogP contribution in [0.3, 0.4) is 0 Å². The molecule has 1 atom stereocenters. The first-order chi connectivity index (χ1) is 8.52. The second kappa shape index (κ2) is 5.48. The van der Waals surface area contributed by atoms with Gasteiger partial charge >= 0.3 is 0 Å². The van der Waals surface area contributed by atoms with Crippen molar-refractivity contribution in [1.29, 1.82) is 0 Å². The number of anilines is 2. The quantitative estimate of drug-likeness (QED) is 0.642. The Morgan fingerprint density at radius 2 is 2.11 bits per heavy atom. The summed E-state index contributed by atoms with van der Waals surface area (Å²) in [7, 11) is 2.11. The van der Waals surface area contributed by atoms with Gasteiger partial charge in [-0.15, -0.1) is 0 Å². The average molecular weight is 290 g/mol. The first kappa shape index (κ1) is 13.7. The van der Waals surface area contributed by atoms with Crippen LogP contribution >= 0.6 is 23.2 Å². The Morgan fingerprint density at radius 1 is 1.39 bits per heavy atom. The molecule has 0 bridgehead atoms. The molecule has 0 aliphatic carbocycles. The predicted octanol–water partition coefficient (Wildman–Crippen LogP) is 1.81. The van der Waals surface area contributed by atoms with Crippen molar-refractivity contribution in [2.75, 3.05) is 37.0 Å². The van der Waals surface area contributed by atoms with E-state index in [9.17, 15) is 0 Å². The van der Waals surface area contributed by atoms with Crippen LogP contribution < -0.4 is 16.2 Å². The van der Waals surface area contributed by atoms with Crippen LogP contribution in [0.15, 0.2) is 6.07 Å². The average Bonchev–Trinajstić information content (AvgIpc) is 2.30. The number of nitrogens with zero attached hydrogens (tertiary/aromatic N) is 3. The molecule has 1 aliphatic heterocycles. The lowest BCUT2D eigenvalue weighted by Gasteiger charge is -2.39. The maximum atomic E-state index is 6.22. The minimum absolute atomic E-state index is 0.348. The Balaban J connectivity index is 2.32. The van der Waals surface area contributed by atoms with Crippen LogP contribution in [0.5, 0.6) is 0 Å². The number of nitrogens with two attached hydrogens (primary N) is 1. The van der Waals surface area contributed by atoms with E-state index >= 15 is 0 Å². The summed E-state index contributed by atoms with van der Waals surface area (Å²) in [5, 5.41) is 0.975. The topological polar surface area (TPSA) is 57.4 Å². The number of rotatable bonds is 2. The minimum atomic E-state index is 0.348. The molecule has 1 fully saturated rings. The molecular weight excluding hydrogens is 273 g/mol. The van der Waals surface area contributed by atoms with E-state index in [1.807, 2.05) is 0 Å². The molecule has 2 heterocycles. The number of hydrazine groups is 1. The zero-order valence-corrected chi connectivity index (χ0v) is 12.0. The van der Waals surface area contributed by atoms with Crippen LogP contribution in [-0.2, 0) is 0 Å². The summed E-state index contributed by atoms with van der Waals surface area (Å²) >= 11 is 12.2. The van der Waals surface area contributed by atoms with E-state index in [4.69, 9.17) is 29.0 Å². The van der Waals surface area contributed by atoms with Gasteiger partial charge in [0.2, 0.25) is 0 Å². The molecule has 1 aromatic rings. The molecule has 0 spiro atoms. The van der Waals surface area contributed by atoms with Gasteiger partial charge in [0.25, 0.3) is 0 Å². The maximum Gasteiger partial charge on any atom is 0.161 e. The van der Waals surface area contributed by atoms with E-state index in [2.05, 4.69) is 34.2 Å². The monoisotopic (exact) mass is 289 g/mol. The van der Waals surface area contributed by atoms with Gasteiger partial charge in [0, 0.05) is 25.7 Å². The molecule has 0 amide bonds. The minimum Gasteiger partial charge on any atom is -0.350 e. The molecular formula is C11H17Cl2N5. The fraction of sp³-hybridized carbons (Fsp3) is 0.545. The molecule has 1 aromatic heterocycles. The fourth-order valence-corrected chi connectivity index (χ4v) is 2.74. The summed E-state index contributed by atoms with van der Waals surface area (Å²) in [6.07, 6.45) is 0. The molecule has 0 radical (unpaired) electrons. The Kier molecular flexibility index (Phi) is 4.17. The van der Waals surface area contributed by atoms with E-state index in [1.165, 1.54) is 0 Å². The van der Waals surface area contributed by atoms with E-state index in [1.54, 1.807) is 6.07 Å². The molecule has 1 saturated heterocycles. The van der Waals surface area contributed by atoms with Crippen LogP contribution in [-0.4, -0.2) is 42.6 Å². The van der Waals surface area contributed by atoms with Gasteiger partial charge in [-0.3, -0.25) is 0 Å². The van der Waals surface area contributed by atoms with Gasteiger partial charge in [0.1, 0.15) is 5.82 Å². The maximum absolute atomic E-state index is 6.22. The molecule has 18 heavy (non-hydrogen) atoms. The first-order valence-corrected chi connectivity index (χ1v) is 6.56. The number of hydrogen-bond donors (Lipinski definition) is 2. The first-order valence-electron chi connectivity index (χ1n) is 5.80. The zero-order chi connectivity index (χ0) is 13.3. The second-order valence-corrected chi connectivity index (χ2v) is 5.39. The number of halogens is 2.